The van der Waals surface area contributed by atoms with E-state index in [1.807, 2.05) is 11.9 Å². The van der Waals surface area contributed by atoms with Crippen LogP contribution in [0, 0.1) is 5.82 Å². The van der Waals surface area contributed by atoms with Crippen LogP contribution in [0.25, 0.3) is 0 Å². The molecular formula is C12H18FN3O. The molecule has 0 bridgehead atoms. The first-order chi connectivity index (χ1) is 8.08. The van der Waals surface area contributed by atoms with Crippen LogP contribution in [0.3, 0.4) is 0 Å². The summed E-state index contributed by atoms with van der Waals surface area (Å²) in [6, 6.07) is 6.07. The van der Waals surface area contributed by atoms with Crippen LogP contribution in [-0.2, 0) is 4.79 Å². The molecule has 0 saturated heterocycles. The Bertz CT molecular complexity index is 367. The van der Waals surface area contributed by atoms with Crippen molar-refractivity contribution in [2.24, 2.45) is 5.73 Å². The van der Waals surface area contributed by atoms with Gasteiger partial charge in [0, 0.05) is 19.6 Å². The van der Waals surface area contributed by atoms with Crippen LogP contribution in [-0.4, -0.2) is 38.0 Å². The fourth-order valence-electron chi connectivity index (χ4n) is 1.67. The minimum Gasteiger partial charge on any atom is -0.358 e. The second-order valence-electron chi connectivity index (χ2n) is 3.89. The zero-order valence-electron chi connectivity index (χ0n) is 10.1. The standard InChI is InChI=1S/C12H18FN3O/c1-15-12(17)8-16(2)11(7-14)9-3-5-10(13)6-4-9/h3-6,11H,7-8,14H2,1-2H3,(H,15,17). The summed E-state index contributed by atoms with van der Waals surface area (Å²) in [5.74, 6) is -0.355. The van der Waals surface area contributed by atoms with Crippen LogP contribution in [0.4, 0.5) is 4.39 Å². The molecule has 5 heteroatoms. The number of nitrogens with two attached hydrogens (primary N) is 1. The summed E-state index contributed by atoms with van der Waals surface area (Å²) in [6.45, 7) is 0.634. The lowest BCUT2D eigenvalue weighted by Crippen LogP contribution is -2.38. The molecule has 1 unspecified atom stereocenters. The topological polar surface area (TPSA) is 58.4 Å². The number of nitrogens with zero attached hydrogens (tertiary/aromatic N) is 1. The number of carbonyl (C=O) groups is 1. The third kappa shape index (κ3) is 3.80. The summed E-state index contributed by atoms with van der Waals surface area (Å²) in [4.78, 5) is 13.1. The van der Waals surface area contributed by atoms with E-state index in [-0.39, 0.29) is 24.3 Å². The van der Waals surface area contributed by atoms with Gasteiger partial charge in [0.25, 0.3) is 0 Å². The zero-order chi connectivity index (χ0) is 12.8. The molecule has 0 fully saturated rings. The molecular weight excluding hydrogens is 221 g/mol. The number of carbonyl (C=O) groups excluding carboxylic acids is 1. The molecule has 94 valence electrons. The fourth-order valence-corrected chi connectivity index (χ4v) is 1.67. The van der Waals surface area contributed by atoms with Gasteiger partial charge in [0.15, 0.2) is 0 Å². The van der Waals surface area contributed by atoms with Gasteiger partial charge in [-0.25, -0.2) is 4.39 Å². The maximum absolute atomic E-state index is 12.8. The van der Waals surface area contributed by atoms with Crippen LogP contribution < -0.4 is 11.1 Å². The average molecular weight is 239 g/mol. The molecule has 3 N–H and O–H groups in total. The smallest absolute Gasteiger partial charge is 0.233 e. The SMILES string of the molecule is CNC(=O)CN(C)C(CN)c1ccc(F)cc1. The molecule has 1 aromatic carbocycles. The molecule has 1 amide bonds. The maximum Gasteiger partial charge on any atom is 0.233 e. The number of rotatable bonds is 5. The van der Waals surface area contributed by atoms with Gasteiger partial charge >= 0.3 is 0 Å². The zero-order valence-corrected chi connectivity index (χ0v) is 10.1. The van der Waals surface area contributed by atoms with E-state index in [1.54, 1.807) is 19.2 Å². The Morgan fingerprint density at radius 3 is 2.53 bits per heavy atom. The molecule has 1 rings (SSSR count). The van der Waals surface area contributed by atoms with Gasteiger partial charge in [-0.05, 0) is 24.7 Å². The number of hydrogen-bond acceptors (Lipinski definition) is 3. The highest BCUT2D eigenvalue weighted by molar-refractivity contribution is 5.77. The molecule has 1 aromatic rings. The Hall–Kier alpha value is -1.46. The van der Waals surface area contributed by atoms with Crippen LogP contribution in [0.15, 0.2) is 24.3 Å². The first kappa shape index (κ1) is 13.6. The molecule has 0 spiro atoms. The van der Waals surface area contributed by atoms with Crippen LogP contribution in [0.1, 0.15) is 11.6 Å². The first-order valence-electron chi connectivity index (χ1n) is 5.44. The number of benzene rings is 1. The molecule has 0 aliphatic carbocycles. The molecule has 4 nitrogen and oxygen atoms in total. The Morgan fingerprint density at radius 1 is 1.47 bits per heavy atom. The predicted octanol–water partition coefficient (Wildman–Crippen LogP) is 0.503. The Kier molecular flexibility index (Phi) is 5.06. The Labute approximate surface area is 101 Å². The van der Waals surface area contributed by atoms with Crippen molar-refractivity contribution in [3.8, 4) is 0 Å². The number of nitrogens with one attached hydrogen (secondary N) is 1. The highest BCUT2D eigenvalue weighted by Gasteiger charge is 2.17. The molecule has 0 heterocycles. The maximum atomic E-state index is 12.8. The molecule has 0 saturated carbocycles. The van der Waals surface area contributed by atoms with Gasteiger partial charge in [0.2, 0.25) is 5.91 Å². The lowest BCUT2D eigenvalue weighted by Gasteiger charge is -2.26. The summed E-state index contributed by atoms with van der Waals surface area (Å²) < 4.78 is 12.8. The van der Waals surface area contributed by atoms with Gasteiger partial charge in [-0.1, -0.05) is 12.1 Å². The van der Waals surface area contributed by atoms with Crippen molar-refractivity contribution >= 4 is 5.91 Å². The van der Waals surface area contributed by atoms with E-state index in [2.05, 4.69) is 5.32 Å². The molecule has 17 heavy (non-hydrogen) atoms. The second-order valence-corrected chi connectivity index (χ2v) is 3.89. The van der Waals surface area contributed by atoms with Crippen molar-refractivity contribution in [3.63, 3.8) is 0 Å². The molecule has 0 aliphatic heterocycles. The Morgan fingerprint density at radius 2 is 2.06 bits per heavy atom. The number of halogens is 1. The van der Waals surface area contributed by atoms with E-state index in [0.29, 0.717) is 6.54 Å². The van der Waals surface area contributed by atoms with E-state index < -0.39 is 0 Å². The van der Waals surface area contributed by atoms with Crippen molar-refractivity contribution in [1.82, 2.24) is 10.2 Å². The summed E-state index contributed by atoms with van der Waals surface area (Å²) in [5, 5.41) is 2.55. The minimum atomic E-state index is -0.279. The summed E-state index contributed by atoms with van der Waals surface area (Å²) in [7, 11) is 3.40. The number of amides is 1. The molecule has 0 aromatic heterocycles. The van der Waals surface area contributed by atoms with E-state index in [0.717, 1.165) is 5.56 Å². The van der Waals surface area contributed by atoms with Gasteiger partial charge in [-0.15, -0.1) is 0 Å². The van der Waals surface area contributed by atoms with E-state index in [1.165, 1.54) is 12.1 Å². The third-order valence-corrected chi connectivity index (χ3v) is 2.68. The highest BCUT2D eigenvalue weighted by Crippen LogP contribution is 2.18. The lowest BCUT2D eigenvalue weighted by molar-refractivity contribution is -0.121. The van der Waals surface area contributed by atoms with Crippen molar-refractivity contribution in [2.75, 3.05) is 27.2 Å². The van der Waals surface area contributed by atoms with Crippen LogP contribution in [0.2, 0.25) is 0 Å². The largest absolute Gasteiger partial charge is 0.358 e. The molecule has 1 atom stereocenters. The van der Waals surface area contributed by atoms with E-state index in [9.17, 15) is 9.18 Å². The predicted molar refractivity (Wildman–Crippen MR) is 64.9 cm³/mol. The van der Waals surface area contributed by atoms with Gasteiger partial charge in [0.05, 0.1) is 6.54 Å². The van der Waals surface area contributed by atoms with Crippen molar-refractivity contribution < 1.29 is 9.18 Å². The van der Waals surface area contributed by atoms with E-state index >= 15 is 0 Å². The van der Waals surface area contributed by atoms with Gasteiger partial charge < -0.3 is 11.1 Å². The van der Waals surface area contributed by atoms with Crippen molar-refractivity contribution in [1.29, 1.82) is 0 Å². The molecule has 0 aliphatic rings. The highest BCUT2D eigenvalue weighted by atomic mass is 19.1. The van der Waals surface area contributed by atoms with Gasteiger partial charge in [-0.2, -0.15) is 0 Å². The van der Waals surface area contributed by atoms with Crippen molar-refractivity contribution in [3.05, 3.63) is 35.6 Å². The number of hydrogen-bond donors (Lipinski definition) is 2. The molecule has 0 radical (unpaired) electrons. The fraction of sp³-hybridized carbons (Fsp3) is 0.417. The summed E-state index contributed by atoms with van der Waals surface area (Å²) in [5.41, 5.74) is 6.60. The summed E-state index contributed by atoms with van der Waals surface area (Å²) in [6.07, 6.45) is 0. The third-order valence-electron chi connectivity index (χ3n) is 2.68. The van der Waals surface area contributed by atoms with E-state index in [4.69, 9.17) is 5.73 Å². The van der Waals surface area contributed by atoms with Crippen LogP contribution >= 0.6 is 0 Å². The monoisotopic (exact) mass is 239 g/mol. The quantitative estimate of drug-likeness (QED) is 0.787. The second kappa shape index (κ2) is 6.32. The first-order valence-corrected chi connectivity index (χ1v) is 5.44. The minimum absolute atomic E-state index is 0.0759. The van der Waals surface area contributed by atoms with Crippen molar-refractivity contribution in [2.45, 2.75) is 6.04 Å². The number of likely N-dealkylation sites (N-methyl/N-ethyl adjacent to an activating group) is 2. The average Bonchev–Trinajstić information content (AvgIpc) is 2.32. The lowest BCUT2D eigenvalue weighted by atomic mass is 10.1. The van der Waals surface area contributed by atoms with Crippen LogP contribution in [0.5, 0.6) is 0 Å². The van der Waals surface area contributed by atoms with Gasteiger partial charge in [-0.3, -0.25) is 9.69 Å². The van der Waals surface area contributed by atoms with Gasteiger partial charge in [0.1, 0.15) is 5.82 Å². The summed E-state index contributed by atoms with van der Waals surface area (Å²) >= 11 is 0. The Balaban J connectivity index is 2.76. The normalized spacial score (nSPS) is 12.5.